The first-order valence-corrected chi connectivity index (χ1v) is 5.82. The van der Waals surface area contributed by atoms with Gasteiger partial charge in [0.25, 0.3) is 0 Å². The van der Waals surface area contributed by atoms with Gasteiger partial charge in [0.15, 0.2) is 0 Å². The van der Waals surface area contributed by atoms with Gasteiger partial charge in [0, 0.05) is 25.5 Å². The first-order chi connectivity index (χ1) is 8.69. The molecule has 0 aliphatic rings. The highest BCUT2D eigenvalue weighted by molar-refractivity contribution is 5.48. The van der Waals surface area contributed by atoms with Crippen LogP contribution in [-0.2, 0) is 6.54 Å². The van der Waals surface area contributed by atoms with Crippen LogP contribution < -0.4 is 4.90 Å². The fourth-order valence-corrected chi connectivity index (χ4v) is 1.89. The molecule has 0 aliphatic carbocycles. The van der Waals surface area contributed by atoms with E-state index in [1.54, 1.807) is 12.3 Å². The van der Waals surface area contributed by atoms with E-state index in [1.807, 2.05) is 13.1 Å². The zero-order valence-electron chi connectivity index (χ0n) is 10.6. The van der Waals surface area contributed by atoms with E-state index in [0.29, 0.717) is 5.69 Å². The molecule has 0 fully saturated rings. The summed E-state index contributed by atoms with van der Waals surface area (Å²) < 4.78 is 0. The number of benzene rings is 1. The fourth-order valence-electron chi connectivity index (χ4n) is 1.89. The van der Waals surface area contributed by atoms with E-state index in [2.05, 4.69) is 47.1 Å². The van der Waals surface area contributed by atoms with E-state index in [9.17, 15) is 0 Å². The topological polar surface area (TPSA) is 39.9 Å². The van der Waals surface area contributed by atoms with Crippen molar-refractivity contribution >= 4 is 5.69 Å². The second-order valence-electron chi connectivity index (χ2n) is 4.36. The first-order valence-electron chi connectivity index (χ1n) is 5.82. The molecule has 0 bridgehead atoms. The van der Waals surface area contributed by atoms with E-state index in [1.165, 1.54) is 11.1 Å². The lowest BCUT2D eigenvalue weighted by Gasteiger charge is -2.19. The van der Waals surface area contributed by atoms with Crippen LogP contribution >= 0.6 is 0 Å². The number of nitrogens with zero attached hydrogens (tertiary/aromatic N) is 3. The molecule has 0 N–H and O–H groups in total. The number of pyridine rings is 1. The normalized spacial score (nSPS) is 9.83. The van der Waals surface area contributed by atoms with Crippen LogP contribution in [0.5, 0.6) is 0 Å². The Labute approximate surface area is 107 Å². The molecular weight excluding hydrogens is 222 g/mol. The maximum absolute atomic E-state index is 8.84. The van der Waals surface area contributed by atoms with Gasteiger partial charge in [0.05, 0.1) is 0 Å². The Kier molecular flexibility index (Phi) is 3.59. The van der Waals surface area contributed by atoms with Crippen molar-refractivity contribution in [3.63, 3.8) is 0 Å². The highest BCUT2D eigenvalue weighted by Gasteiger charge is 2.03. The van der Waals surface area contributed by atoms with Crippen molar-refractivity contribution < 1.29 is 0 Å². The third-order valence-electron chi connectivity index (χ3n) is 2.80. The van der Waals surface area contributed by atoms with E-state index in [4.69, 9.17) is 5.26 Å². The summed E-state index contributed by atoms with van der Waals surface area (Å²) in [5.74, 6) is 0. The van der Waals surface area contributed by atoms with Crippen LogP contribution in [0.4, 0.5) is 5.69 Å². The van der Waals surface area contributed by atoms with Crippen LogP contribution in [0.3, 0.4) is 0 Å². The molecule has 18 heavy (non-hydrogen) atoms. The van der Waals surface area contributed by atoms with Gasteiger partial charge in [-0.15, -0.1) is 0 Å². The lowest BCUT2D eigenvalue weighted by Crippen LogP contribution is -2.16. The maximum Gasteiger partial charge on any atom is 0.142 e. The zero-order valence-corrected chi connectivity index (χ0v) is 10.6. The molecule has 0 saturated heterocycles. The summed E-state index contributed by atoms with van der Waals surface area (Å²) >= 11 is 0. The molecule has 0 saturated carbocycles. The van der Waals surface area contributed by atoms with Crippen LogP contribution in [-0.4, -0.2) is 12.0 Å². The lowest BCUT2D eigenvalue weighted by atomic mass is 10.1. The Morgan fingerprint density at radius 3 is 2.83 bits per heavy atom. The average Bonchev–Trinajstić information content (AvgIpc) is 2.39. The molecule has 0 unspecified atom stereocenters. The monoisotopic (exact) mass is 237 g/mol. The highest BCUT2D eigenvalue weighted by Crippen LogP contribution is 2.16. The molecule has 2 rings (SSSR count). The standard InChI is InChI=1S/C15H15N3/c1-12-4-3-5-13(8-12)11-18(2)15-6-7-17-14(9-15)10-16/h3-9H,11H2,1-2H3. The molecule has 90 valence electrons. The van der Waals surface area contributed by atoms with E-state index in [0.717, 1.165) is 12.2 Å². The van der Waals surface area contributed by atoms with Gasteiger partial charge in [0.2, 0.25) is 0 Å². The predicted octanol–water partition coefficient (Wildman–Crippen LogP) is 2.90. The molecule has 1 aromatic heterocycles. The Bertz CT molecular complexity index is 584. The first kappa shape index (κ1) is 12.1. The van der Waals surface area contributed by atoms with Crippen LogP contribution in [0.15, 0.2) is 42.6 Å². The Morgan fingerprint density at radius 2 is 2.11 bits per heavy atom. The minimum atomic E-state index is 0.448. The molecule has 1 heterocycles. The van der Waals surface area contributed by atoms with Crippen molar-refractivity contribution in [3.8, 4) is 6.07 Å². The van der Waals surface area contributed by atoms with Crippen LogP contribution in [0, 0.1) is 18.3 Å². The number of anilines is 1. The van der Waals surface area contributed by atoms with Gasteiger partial charge >= 0.3 is 0 Å². The van der Waals surface area contributed by atoms with E-state index in [-0.39, 0.29) is 0 Å². The summed E-state index contributed by atoms with van der Waals surface area (Å²) in [5, 5.41) is 8.84. The van der Waals surface area contributed by atoms with Gasteiger partial charge in [-0.2, -0.15) is 5.26 Å². The Hall–Kier alpha value is -2.34. The summed E-state index contributed by atoms with van der Waals surface area (Å²) in [6, 6.07) is 14.2. The molecule has 3 heteroatoms. The van der Waals surface area contributed by atoms with Crippen LogP contribution in [0.1, 0.15) is 16.8 Å². The minimum Gasteiger partial charge on any atom is -0.370 e. The third-order valence-corrected chi connectivity index (χ3v) is 2.80. The third kappa shape index (κ3) is 2.86. The molecule has 3 nitrogen and oxygen atoms in total. The molecule has 0 spiro atoms. The van der Waals surface area contributed by atoms with Gasteiger partial charge in [-0.1, -0.05) is 29.8 Å². The number of aryl methyl sites for hydroxylation is 1. The van der Waals surface area contributed by atoms with Crippen molar-refractivity contribution in [2.75, 3.05) is 11.9 Å². The Balaban J connectivity index is 2.17. The Morgan fingerprint density at radius 1 is 1.28 bits per heavy atom. The predicted molar refractivity (Wildman–Crippen MR) is 72.2 cm³/mol. The fraction of sp³-hybridized carbons (Fsp3) is 0.200. The van der Waals surface area contributed by atoms with Crippen LogP contribution in [0.25, 0.3) is 0 Å². The average molecular weight is 237 g/mol. The summed E-state index contributed by atoms with van der Waals surface area (Å²) in [7, 11) is 2.01. The van der Waals surface area contributed by atoms with Crippen molar-refractivity contribution in [1.29, 1.82) is 5.26 Å². The molecular formula is C15H15N3. The molecule has 0 radical (unpaired) electrons. The van der Waals surface area contributed by atoms with E-state index >= 15 is 0 Å². The van der Waals surface area contributed by atoms with Gasteiger partial charge in [-0.25, -0.2) is 4.98 Å². The minimum absolute atomic E-state index is 0.448. The number of hydrogen-bond acceptors (Lipinski definition) is 3. The molecule has 2 aromatic rings. The molecule has 1 aromatic carbocycles. The second kappa shape index (κ2) is 5.33. The zero-order chi connectivity index (χ0) is 13.0. The summed E-state index contributed by atoms with van der Waals surface area (Å²) in [6.45, 7) is 2.90. The SMILES string of the molecule is Cc1cccc(CN(C)c2ccnc(C#N)c2)c1. The van der Waals surface area contributed by atoms with Gasteiger partial charge in [-0.3, -0.25) is 0 Å². The van der Waals surface area contributed by atoms with Crippen molar-refractivity contribution in [3.05, 3.63) is 59.4 Å². The maximum atomic E-state index is 8.84. The lowest BCUT2D eigenvalue weighted by molar-refractivity contribution is 0.918. The van der Waals surface area contributed by atoms with Gasteiger partial charge in [0.1, 0.15) is 11.8 Å². The number of aromatic nitrogens is 1. The highest BCUT2D eigenvalue weighted by atomic mass is 15.1. The smallest absolute Gasteiger partial charge is 0.142 e. The molecule has 0 atom stereocenters. The van der Waals surface area contributed by atoms with Crippen molar-refractivity contribution in [2.24, 2.45) is 0 Å². The summed E-state index contributed by atoms with van der Waals surface area (Å²) in [6.07, 6.45) is 1.67. The van der Waals surface area contributed by atoms with Gasteiger partial charge < -0.3 is 4.90 Å². The second-order valence-corrected chi connectivity index (χ2v) is 4.36. The van der Waals surface area contributed by atoms with E-state index < -0.39 is 0 Å². The van der Waals surface area contributed by atoms with Crippen LogP contribution in [0.2, 0.25) is 0 Å². The van der Waals surface area contributed by atoms with Crippen molar-refractivity contribution in [2.45, 2.75) is 13.5 Å². The molecule has 0 aliphatic heterocycles. The van der Waals surface area contributed by atoms with Crippen molar-refractivity contribution in [1.82, 2.24) is 4.98 Å². The number of nitriles is 1. The number of hydrogen-bond donors (Lipinski definition) is 0. The largest absolute Gasteiger partial charge is 0.370 e. The quantitative estimate of drug-likeness (QED) is 0.824. The van der Waals surface area contributed by atoms with Gasteiger partial charge in [-0.05, 0) is 24.6 Å². The summed E-state index contributed by atoms with van der Waals surface area (Å²) in [4.78, 5) is 6.08. The summed E-state index contributed by atoms with van der Waals surface area (Å²) in [5.41, 5.74) is 3.97. The number of rotatable bonds is 3. The molecule has 0 amide bonds.